The summed E-state index contributed by atoms with van der Waals surface area (Å²) in [5.74, 6) is 0.744. The topological polar surface area (TPSA) is 65.4 Å². The minimum Gasteiger partial charge on any atom is -0.318 e. The van der Waals surface area contributed by atoms with Crippen LogP contribution in [0.5, 0.6) is 0 Å². The first-order chi connectivity index (χ1) is 8.30. The summed E-state index contributed by atoms with van der Waals surface area (Å²) in [5.41, 5.74) is 0.681. The molecule has 1 fully saturated rings. The summed E-state index contributed by atoms with van der Waals surface area (Å²) in [5, 5.41) is 18.0. The van der Waals surface area contributed by atoms with Crippen LogP contribution in [0.15, 0.2) is 6.33 Å². The fourth-order valence-electron chi connectivity index (χ4n) is 2.72. The summed E-state index contributed by atoms with van der Waals surface area (Å²) < 4.78 is 1.90. The molecule has 0 N–H and O–H groups in total. The minimum atomic E-state index is 0.256. The van der Waals surface area contributed by atoms with Gasteiger partial charge in [0.15, 0.2) is 11.4 Å². The number of nitrogens with zero attached hydrogens (tertiary/aromatic N) is 4. The van der Waals surface area contributed by atoms with Crippen molar-refractivity contribution < 1.29 is 0 Å². The molecule has 4 heteroatoms. The Balaban J connectivity index is 2.26. The Kier molecular flexibility index (Phi) is 3.44. The van der Waals surface area contributed by atoms with E-state index in [2.05, 4.69) is 18.0 Å². The van der Waals surface area contributed by atoms with E-state index in [0.29, 0.717) is 11.7 Å². The lowest BCUT2D eigenvalue weighted by molar-refractivity contribution is 0.260. The molecule has 1 aromatic heterocycles. The van der Waals surface area contributed by atoms with Crippen LogP contribution in [0.4, 0.5) is 0 Å². The maximum absolute atomic E-state index is 9.11. The van der Waals surface area contributed by atoms with Crippen molar-refractivity contribution in [1.29, 1.82) is 10.5 Å². The summed E-state index contributed by atoms with van der Waals surface area (Å²) in [7, 11) is 0. The third-order valence-electron chi connectivity index (χ3n) is 3.73. The van der Waals surface area contributed by atoms with E-state index in [1.54, 1.807) is 6.33 Å². The molecule has 1 aliphatic rings. The average Bonchev–Trinajstić information content (AvgIpc) is 2.81. The van der Waals surface area contributed by atoms with Gasteiger partial charge < -0.3 is 4.57 Å². The van der Waals surface area contributed by atoms with Gasteiger partial charge >= 0.3 is 0 Å². The summed E-state index contributed by atoms with van der Waals surface area (Å²) >= 11 is 0. The van der Waals surface area contributed by atoms with Crippen LogP contribution in [0.1, 0.15) is 56.5 Å². The molecule has 1 saturated carbocycles. The van der Waals surface area contributed by atoms with Crippen molar-refractivity contribution in [2.24, 2.45) is 5.92 Å². The number of imidazole rings is 1. The Morgan fingerprint density at radius 2 is 2.24 bits per heavy atom. The number of rotatable bonds is 2. The van der Waals surface area contributed by atoms with Crippen LogP contribution in [0, 0.1) is 28.6 Å². The summed E-state index contributed by atoms with van der Waals surface area (Å²) in [6, 6.07) is 4.43. The largest absolute Gasteiger partial charge is 0.318 e. The zero-order chi connectivity index (χ0) is 12.3. The second-order valence-corrected chi connectivity index (χ2v) is 4.67. The number of hydrogen-bond acceptors (Lipinski definition) is 3. The Bertz CT molecular complexity index is 475. The number of nitriles is 2. The molecule has 0 radical (unpaired) electrons. The molecule has 1 heterocycles. The highest BCUT2D eigenvalue weighted by molar-refractivity contribution is 5.36. The maximum Gasteiger partial charge on any atom is 0.176 e. The second kappa shape index (κ2) is 5.01. The van der Waals surface area contributed by atoms with Crippen LogP contribution in [0.3, 0.4) is 0 Å². The fourth-order valence-corrected chi connectivity index (χ4v) is 2.72. The third-order valence-corrected chi connectivity index (χ3v) is 3.73. The lowest BCUT2D eigenvalue weighted by atomic mass is 9.84. The lowest BCUT2D eigenvalue weighted by Gasteiger charge is -2.29. The zero-order valence-corrected chi connectivity index (χ0v) is 10.1. The van der Waals surface area contributed by atoms with Crippen LogP contribution in [-0.4, -0.2) is 9.55 Å². The highest BCUT2D eigenvalue weighted by atomic mass is 15.1. The van der Waals surface area contributed by atoms with Crippen LogP contribution in [0.25, 0.3) is 0 Å². The second-order valence-electron chi connectivity index (χ2n) is 4.67. The van der Waals surface area contributed by atoms with Crippen LogP contribution >= 0.6 is 0 Å². The third kappa shape index (κ3) is 2.17. The smallest absolute Gasteiger partial charge is 0.176 e. The molecule has 0 bridgehead atoms. The Morgan fingerprint density at radius 3 is 2.88 bits per heavy atom. The predicted octanol–water partition coefficient (Wildman–Crippen LogP) is 2.77. The van der Waals surface area contributed by atoms with Gasteiger partial charge in [0.05, 0.1) is 6.33 Å². The molecular formula is C13H16N4. The first-order valence-corrected chi connectivity index (χ1v) is 6.17. The van der Waals surface area contributed by atoms with Crippen LogP contribution in [0.2, 0.25) is 0 Å². The molecule has 2 atom stereocenters. The molecule has 2 unspecified atom stereocenters. The van der Waals surface area contributed by atoms with Crippen molar-refractivity contribution in [3.05, 3.63) is 17.7 Å². The standard InChI is InChI=1S/C13H16N4/c1-2-10-4-3-5-11(6-10)17-9-16-12(7-14)13(17)8-15/h9-11H,2-6H2,1H3. The first kappa shape index (κ1) is 11.7. The Morgan fingerprint density at radius 1 is 1.41 bits per heavy atom. The van der Waals surface area contributed by atoms with Crippen molar-refractivity contribution in [2.75, 3.05) is 0 Å². The summed E-state index contributed by atoms with van der Waals surface area (Å²) in [6.45, 7) is 2.22. The molecule has 0 saturated heterocycles. The van der Waals surface area contributed by atoms with Crippen molar-refractivity contribution in [1.82, 2.24) is 9.55 Å². The van der Waals surface area contributed by atoms with Gasteiger partial charge in [0.1, 0.15) is 12.1 Å². The maximum atomic E-state index is 9.11. The van der Waals surface area contributed by atoms with Crippen molar-refractivity contribution in [3.63, 3.8) is 0 Å². The van der Waals surface area contributed by atoms with Gasteiger partial charge in [-0.1, -0.05) is 26.2 Å². The predicted molar refractivity (Wildman–Crippen MR) is 62.9 cm³/mol. The molecule has 0 aliphatic heterocycles. The van der Waals surface area contributed by atoms with Crippen molar-refractivity contribution in [2.45, 2.75) is 45.1 Å². The quantitative estimate of drug-likeness (QED) is 0.781. The van der Waals surface area contributed by atoms with Gasteiger partial charge in [-0.2, -0.15) is 10.5 Å². The average molecular weight is 228 g/mol. The number of aromatic nitrogens is 2. The highest BCUT2D eigenvalue weighted by Crippen LogP contribution is 2.34. The first-order valence-electron chi connectivity index (χ1n) is 6.17. The minimum absolute atomic E-state index is 0.256. The van der Waals surface area contributed by atoms with Gasteiger partial charge in [-0.3, -0.25) is 0 Å². The normalized spacial score (nSPS) is 23.9. The van der Waals surface area contributed by atoms with Gasteiger partial charge in [0.2, 0.25) is 0 Å². The molecule has 2 rings (SSSR count). The SMILES string of the molecule is CCC1CCCC(n2cnc(C#N)c2C#N)C1. The van der Waals surface area contributed by atoms with E-state index in [1.807, 2.05) is 10.6 Å². The molecule has 0 aromatic carbocycles. The highest BCUT2D eigenvalue weighted by Gasteiger charge is 2.24. The van der Waals surface area contributed by atoms with E-state index in [-0.39, 0.29) is 5.69 Å². The van der Waals surface area contributed by atoms with Gasteiger partial charge in [-0.25, -0.2) is 4.98 Å². The van der Waals surface area contributed by atoms with Gasteiger partial charge in [0, 0.05) is 6.04 Å². The molecule has 88 valence electrons. The molecule has 1 aromatic rings. The summed E-state index contributed by atoms with van der Waals surface area (Å²) in [6.07, 6.45) is 7.53. The van der Waals surface area contributed by atoms with Crippen molar-refractivity contribution >= 4 is 0 Å². The van der Waals surface area contributed by atoms with E-state index >= 15 is 0 Å². The fraction of sp³-hybridized carbons (Fsp3) is 0.615. The molecule has 17 heavy (non-hydrogen) atoms. The van der Waals surface area contributed by atoms with Crippen LogP contribution in [-0.2, 0) is 0 Å². The number of hydrogen-bond donors (Lipinski definition) is 0. The van der Waals surface area contributed by atoms with Gasteiger partial charge in [-0.05, 0) is 18.8 Å². The summed E-state index contributed by atoms with van der Waals surface area (Å²) in [4.78, 5) is 4.01. The van der Waals surface area contributed by atoms with Gasteiger partial charge in [0.25, 0.3) is 0 Å². The zero-order valence-electron chi connectivity index (χ0n) is 10.1. The monoisotopic (exact) mass is 228 g/mol. The molecule has 0 amide bonds. The van der Waals surface area contributed by atoms with Crippen LogP contribution < -0.4 is 0 Å². The van der Waals surface area contributed by atoms with Crippen molar-refractivity contribution in [3.8, 4) is 12.1 Å². The Labute approximate surface area is 101 Å². The Hall–Kier alpha value is -1.81. The van der Waals surface area contributed by atoms with E-state index in [0.717, 1.165) is 18.8 Å². The molecular weight excluding hydrogens is 212 g/mol. The van der Waals surface area contributed by atoms with E-state index in [9.17, 15) is 0 Å². The molecule has 0 spiro atoms. The lowest BCUT2D eigenvalue weighted by Crippen LogP contribution is -2.19. The molecule has 1 aliphatic carbocycles. The van der Waals surface area contributed by atoms with E-state index < -0.39 is 0 Å². The van der Waals surface area contributed by atoms with Gasteiger partial charge in [-0.15, -0.1) is 0 Å². The van der Waals surface area contributed by atoms with E-state index in [1.165, 1.54) is 19.3 Å². The molecule has 4 nitrogen and oxygen atoms in total. The van der Waals surface area contributed by atoms with E-state index in [4.69, 9.17) is 10.5 Å².